The van der Waals surface area contributed by atoms with Crippen LogP contribution in [0.1, 0.15) is 28.9 Å². The van der Waals surface area contributed by atoms with E-state index in [-0.39, 0.29) is 5.91 Å². The highest BCUT2D eigenvalue weighted by atomic mass is 32.1. The smallest absolute Gasteiger partial charge is 0.264 e. The topological polar surface area (TPSA) is 63.9 Å². The number of hydrogen-bond acceptors (Lipinski definition) is 5. The maximum absolute atomic E-state index is 12.8. The molecule has 1 saturated heterocycles. The SMILES string of the molecule is Cn1cc2cc(-c3cnc4sc(C(=O)N5CCCCC5)cc4c3)cnc2n1. The summed E-state index contributed by atoms with van der Waals surface area (Å²) in [5.41, 5.74) is 2.73. The Morgan fingerprint density at radius 1 is 1.00 bits per heavy atom. The summed E-state index contributed by atoms with van der Waals surface area (Å²) in [5, 5.41) is 6.32. The Kier molecular flexibility index (Phi) is 3.89. The van der Waals surface area contributed by atoms with Crippen LogP contribution in [-0.4, -0.2) is 43.6 Å². The van der Waals surface area contributed by atoms with Crippen molar-refractivity contribution in [3.8, 4) is 11.1 Å². The summed E-state index contributed by atoms with van der Waals surface area (Å²) in [6.07, 6.45) is 9.05. The number of likely N-dealkylation sites (tertiary alicyclic amines) is 1. The molecule has 1 aliphatic heterocycles. The van der Waals surface area contributed by atoms with Crippen molar-refractivity contribution in [2.45, 2.75) is 19.3 Å². The molecule has 0 aliphatic carbocycles. The molecule has 0 aromatic carbocycles. The number of fused-ring (bicyclic) bond motifs is 2. The number of nitrogens with zero attached hydrogens (tertiary/aromatic N) is 5. The van der Waals surface area contributed by atoms with Crippen LogP contribution >= 0.6 is 11.3 Å². The van der Waals surface area contributed by atoms with Gasteiger partial charge in [-0.2, -0.15) is 5.10 Å². The molecule has 0 N–H and O–H groups in total. The third kappa shape index (κ3) is 2.98. The first-order valence-corrected chi connectivity index (χ1v) is 9.98. The molecule has 4 aromatic rings. The van der Waals surface area contributed by atoms with Gasteiger partial charge in [0.2, 0.25) is 0 Å². The first-order chi connectivity index (χ1) is 13.2. The van der Waals surface area contributed by atoms with Gasteiger partial charge in [-0.3, -0.25) is 9.48 Å². The van der Waals surface area contributed by atoms with E-state index in [0.717, 1.165) is 63.2 Å². The molecule has 27 heavy (non-hydrogen) atoms. The molecule has 4 aromatic heterocycles. The predicted octanol–water partition coefficient (Wildman–Crippen LogP) is 3.87. The minimum Gasteiger partial charge on any atom is -0.338 e. The molecule has 5 heterocycles. The Morgan fingerprint density at radius 2 is 1.74 bits per heavy atom. The van der Waals surface area contributed by atoms with Gasteiger partial charge in [0, 0.05) is 60.6 Å². The maximum atomic E-state index is 12.8. The van der Waals surface area contributed by atoms with Crippen molar-refractivity contribution in [2.24, 2.45) is 7.05 Å². The van der Waals surface area contributed by atoms with E-state index in [1.165, 1.54) is 17.8 Å². The van der Waals surface area contributed by atoms with E-state index in [2.05, 4.69) is 27.2 Å². The van der Waals surface area contributed by atoms with Gasteiger partial charge in [0.05, 0.1) is 4.88 Å². The lowest BCUT2D eigenvalue weighted by Crippen LogP contribution is -2.35. The third-order valence-electron chi connectivity index (χ3n) is 5.03. The maximum Gasteiger partial charge on any atom is 0.264 e. The standard InChI is InChI=1S/C20H19N5OS/c1-24-12-16-8-15(10-21-18(16)23-24)14-7-13-9-17(27-19(13)22-11-14)20(26)25-5-3-2-4-6-25/h7-12H,2-6H2,1H3. The zero-order valence-corrected chi connectivity index (χ0v) is 15.9. The van der Waals surface area contributed by atoms with Gasteiger partial charge < -0.3 is 4.90 Å². The lowest BCUT2D eigenvalue weighted by molar-refractivity contribution is 0.0729. The first kappa shape index (κ1) is 16.4. The van der Waals surface area contributed by atoms with Crippen LogP contribution in [0.15, 0.2) is 36.8 Å². The summed E-state index contributed by atoms with van der Waals surface area (Å²) in [6, 6.07) is 6.14. The average Bonchev–Trinajstić information content (AvgIpc) is 3.29. The summed E-state index contributed by atoms with van der Waals surface area (Å²) in [6.45, 7) is 1.73. The van der Waals surface area contributed by atoms with Crippen molar-refractivity contribution in [3.63, 3.8) is 0 Å². The molecular formula is C20H19N5OS. The molecule has 1 fully saturated rings. The highest BCUT2D eigenvalue weighted by molar-refractivity contribution is 7.20. The number of piperidine rings is 1. The fourth-order valence-electron chi connectivity index (χ4n) is 3.64. The van der Waals surface area contributed by atoms with Gasteiger partial charge >= 0.3 is 0 Å². The fraction of sp³-hybridized carbons (Fsp3) is 0.300. The monoisotopic (exact) mass is 377 g/mol. The van der Waals surface area contributed by atoms with Gasteiger partial charge in [-0.15, -0.1) is 11.3 Å². The van der Waals surface area contributed by atoms with Crippen molar-refractivity contribution in [1.29, 1.82) is 0 Å². The lowest BCUT2D eigenvalue weighted by atomic mass is 10.1. The Balaban J connectivity index is 1.50. The number of carbonyl (C=O) groups is 1. The minimum atomic E-state index is 0.137. The second-order valence-electron chi connectivity index (χ2n) is 7.02. The third-order valence-corrected chi connectivity index (χ3v) is 6.08. The van der Waals surface area contributed by atoms with Gasteiger partial charge in [-0.25, -0.2) is 9.97 Å². The van der Waals surface area contributed by atoms with Crippen LogP contribution in [0.5, 0.6) is 0 Å². The highest BCUT2D eigenvalue weighted by Gasteiger charge is 2.20. The molecule has 5 rings (SSSR count). The Hall–Kier alpha value is -2.80. The van der Waals surface area contributed by atoms with Crippen LogP contribution in [0.2, 0.25) is 0 Å². The van der Waals surface area contributed by atoms with Crippen LogP contribution in [0.3, 0.4) is 0 Å². The highest BCUT2D eigenvalue weighted by Crippen LogP contribution is 2.30. The largest absolute Gasteiger partial charge is 0.338 e. The van der Waals surface area contributed by atoms with Gasteiger partial charge in [-0.1, -0.05) is 0 Å². The van der Waals surface area contributed by atoms with E-state index in [1.807, 2.05) is 36.6 Å². The molecule has 0 bridgehead atoms. The number of carbonyl (C=O) groups excluding carboxylic acids is 1. The summed E-state index contributed by atoms with van der Waals surface area (Å²) >= 11 is 1.48. The van der Waals surface area contributed by atoms with E-state index >= 15 is 0 Å². The zero-order chi connectivity index (χ0) is 18.4. The second kappa shape index (κ2) is 6.42. The van der Waals surface area contributed by atoms with E-state index in [4.69, 9.17) is 0 Å². The number of amides is 1. The number of hydrogen-bond donors (Lipinski definition) is 0. The molecule has 0 radical (unpaired) electrons. The summed E-state index contributed by atoms with van der Waals surface area (Å²) in [5.74, 6) is 0.137. The lowest BCUT2D eigenvalue weighted by Gasteiger charge is -2.26. The van der Waals surface area contributed by atoms with Crippen molar-refractivity contribution >= 4 is 38.5 Å². The summed E-state index contributed by atoms with van der Waals surface area (Å²) in [4.78, 5) is 25.4. The van der Waals surface area contributed by atoms with Crippen LogP contribution in [0, 0.1) is 0 Å². The number of aromatic nitrogens is 4. The Bertz CT molecular complexity index is 1160. The van der Waals surface area contributed by atoms with Crippen molar-refractivity contribution in [3.05, 3.63) is 41.7 Å². The number of rotatable bonds is 2. The predicted molar refractivity (Wildman–Crippen MR) is 107 cm³/mol. The van der Waals surface area contributed by atoms with Crippen molar-refractivity contribution < 1.29 is 4.79 Å². The molecule has 7 heteroatoms. The van der Waals surface area contributed by atoms with Crippen LogP contribution in [0.25, 0.3) is 32.4 Å². The summed E-state index contributed by atoms with van der Waals surface area (Å²) < 4.78 is 1.76. The molecule has 0 spiro atoms. The van der Waals surface area contributed by atoms with Gasteiger partial charge in [-0.05, 0) is 37.5 Å². The van der Waals surface area contributed by atoms with Crippen molar-refractivity contribution in [2.75, 3.05) is 13.1 Å². The zero-order valence-electron chi connectivity index (χ0n) is 15.1. The molecular weight excluding hydrogens is 358 g/mol. The van der Waals surface area contributed by atoms with Crippen LogP contribution in [-0.2, 0) is 7.05 Å². The number of aryl methyl sites for hydroxylation is 1. The molecule has 136 valence electrons. The van der Waals surface area contributed by atoms with Crippen LogP contribution < -0.4 is 0 Å². The summed E-state index contributed by atoms with van der Waals surface area (Å²) in [7, 11) is 1.89. The molecule has 1 amide bonds. The minimum absolute atomic E-state index is 0.137. The molecule has 6 nitrogen and oxygen atoms in total. The fourth-order valence-corrected chi connectivity index (χ4v) is 4.59. The van der Waals surface area contributed by atoms with Gasteiger partial charge in [0.15, 0.2) is 5.65 Å². The van der Waals surface area contributed by atoms with Crippen LogP contribution in [0.4, 0.5) is 0 Å². The Morgan fingerprint density at radius 3 is 2.56 bits per heavy atom. The van der Waals surface area contributed by atoms with Gasteiger partial charge in [0.1, 0.15) is 4.83 Å². The normalized spacial score (nSPS) is 14.9. The Labute approximate surface area is 160 Å². The number of pyridine rings is 2. The molecule has 0 unspecified atom stereocenters. The van der Waals surface area contributed by atoms with E-state index in [9.17, 15) is 4.79 Å². The van der Waals surface area contributed by atoms with E-state index in [1.54, 1.807) is 4.68 Å². The van der Waals surface area contributed by atoms with Crippen molar-refractivity contribution in [1.82, 2.24) is 24.6 Å². The molecule has 0 saturated carbocycles. The average molecular weight is 377 g/mol. The first-order valence-electron chi connectivity index (χ1n) is 9.16. The quantitative estimate of drug-likeness (QED) is 0.532. The van der Waals surface area contributed by atoms with Gasteiger partial charge in [0.25, 0.3) is 5.91 Å². The second-order valence-corrected chi connectivity index (χ2v) is 8.05. The molecule has 0 atom stereocenters. The van der Waals surface area contributed by atoms with E-state index < -0.39 is 0 Å². The molecule has 1 aliphatic rings. The number of thiophene rings is 1. The van der Waals surface area contributed by atoms with E-state index in [0.29, 0.717) is 0 Å².